The Morgan fingerprint density at radius 2 is 1.83 bits per heavy atom. The summed E-state index contributed by atoms with van der Waals surface area (Å²) < 4.78 is 28.0. The molecule has 7 heteroatoms. The molecule has 1 atom stereocenters. The highest BCUT2D eigenvalue weighted by molar-refractivity contribution is 7.91. The van der Waals surface area contributed by atoms with Crippen molar-refractivity contribution in [3.8, 4) is 0 Å². The molecule has 2 rings (SSSR count). The highest BCUT2D eigenvalue weighted by atomic mass is 35.5. The van der Waals surface area contributed by atoms with Gasteiger partial charge in [0.15, 0.2) is 0 Å². The first-order chi connectivity index (χ1) is 10.8. The van der Waals surface area contributed by atoms with Crippen LogP contribution in [0.1, 0.15) is 24.1 Å². The minimum atomic E-state index is -3.53. The van der Waals surface area contributed by atoms with Crippen LogP contribution < -0.4 is 4.72 Å². The van der Waals surface area contributed by atoms with E-state index in [2.05, 4.69) is 35.9 Å². The third kappa shape index (κ3) is 4.78. The fourth-order valence-electron chi connectivity index (χ4n) is 2.28. The minimum Gasteiger partial charge on any atom is -0.301 e. The van der Waals surface area contributed by atoms with E-state index in [1.807, 2.05) is 19.0 Å². The Kier molecular flexibility index (Phi) is 6.22. The molecule has 0 bridgehead atoms. The number of hydrogen-bond donors (Lipinski definition) is 1. The molecule has 0 saturated carbocycles. The van der Waals surface area contributed by atoms with Gasteiger partial charge in [0, 0.05) is 12.6 Å². The fourth-order valence-corrected chi connectivity index (χ4v) is 4.84. The number of rotatable bonds is 7. The van der Waals surface area contributed by atoms with Crippen LogP contribution in [0.5, 0.6) is 0 Å². The summed E-state index contributed by atoms with van der Waals surface area (Å²) in [6, 6.07) is 11.4. The van der Waals surface area contributed by atoms with Gasteiger partial charge in [-0.1, -0.05) is 42.8 Å². The lowest BCUT2D eigenvalue weighted by molar-refractivity contribution is 0.299. The zero-order valence-corrected chi connectivity index (χ0v) is 15.8. The standard InChI is InChI=1S/C16H21ClN2O2S2/c1-4-12-5-7-13(8-6-12)14(19(2)3)11-18-23(20,21)16-10-9-15(17)22-16/h5-10,14,18H,4,11H2,1-3H3/t14-/m0/s1. The summed E-state index contributed by atoms with van der Waals surface area (Å²) in [6.07, 6.45) is 0.985. The number of nitrogens with zero attached hydrogens (tertiary/aromatic N) is 1. The first kappa shape index (κ1) is 18.4. The molecule has 0 saturated heterocycles. The van der Waals surface area contributed by atoms with E-state index in [1.54, 1.807) is 6.07 Å². The first-order valence-corrected chi connectivity index (χ1v) is 10.0. The number of hydrogen-bond acceptors (Lipinski definition) is 4. The van der Waals surface area contributed by atoms with Crippen molar-refractivity contribution in [2.45, 2.75) is 23.6 Å². The zero-order valence-electron chi connectivity index (χ0n) is 13.4. The molecule has 0 aliphatic heterocycles. The van der Waals surface area contributed by atoms with Crippen LogP contribution in [0.4, 0.5) is 0 Å². The van der Waals surface area contributed by atoms with Crippen LogP contribution in [0, 0.1) is 0 Å². The van der Waals surface area contributed by atoms with Gasteiger partial charge in [-0.3, -0.25) is 0 Å². The number of thiophene rings is 1. The Morgan fingerprint density at radius 3 is 2.30 bits per heavy atom. The van der Waals surface area contributed by atoms with E-state index in [0.717, 1.165) is 23.3 Å². The number of halogens is 1. The molecule has 1 heterocycles. The molecule has 0 radical (unpaired) electrons. The third-order valence-corrected chi connectivity index (χ3v) is 6.82. The number of likely N-dealkylation sites (N-methyl/N-ethyl adjacent to an activating group) is 1. The molecule has 0 aliphatic carbocycles. The highest BCUT2D eigenvalue weighted by Gasteiger charge is 2.21. The van der Waals surface area contributed by atoms with Crippen LogP contribution >= 0.6 is 22.9 Å². The summed E-state index contributed by atoms with van der Waals surface area (Å²) in [5.41, 5.74) is 2.35. The monoisotopic (exact) mass is 372 g/mol. The Morgan fingerprint density at radius 1 is 1.17 bits per heavy atom. The predicted molar refractivity (Wildman–Crippen MR) is 96.8 cm³/mol. The molecule has 1 aromatic heterocycles. The van der Waals surface area contributed by atoms with Gasteiger partial charge in [0.1, 0.15) is 4.21 Å². The van der Waals surface area contributed by atoms with Crippen molar-refractivity contribution >= 4 is 33.0 Å². The van der Waals surface area contributed by atoms with Crippen molar-refractivity contribution in [1.82, 2.24) is 9.62 Å². The largest absolute Gasteiger partial charge is 0.301 e. The van der Waals surface area contributed by atoms with Crippen molar-refractivity contribution in [2.24, 2.45) is 0 Å². The van der Waals surface area contributed by atoms with Gasteiger partial charge >= 0.3 is 0 Å². The smallest absolute Gasteiger partial charge is 0.250 e. The second-order valence-corrected chi connectivity index (χ2v) is 9.19. The van der Waals surface area contributed by atoms with Gasteiger partial charge in [0.2, 0.25) is 10.0 Å². The molecule has 0 amide bonds. The SMILES string of the molecule is CCc1ccc([C@H](CNS(=O)(=O)c2ccc(Cl)s2)N(C)C)cc1. The van der Waals surface area contributed by atoms with Crippen molar-refractivity contribution in [1.29, 1.82) is 0 Å². The molecule has 126 valence electrons. The maximum atomic E-state index is 12.3. The Balaban J connectivity index is 2.13. The summed E-state index contributed by atoms with van der Waals surface area (Å²) >= 11 is 6.88. The molecule has 2 aromatic rings. The van der Waals surface area contributed by atoms with Gasteiger partial charge in [-0.25, -0.2) is 13.1 Å². The molecule has 23 heavy (non-hydrogen) atoms. The Bertz CT molecular complexity index is 740. The molecule has 4 nitrogen and oxygen atoms in total. The second kappa shape index (κ2) is 7.77. The average molecular weight is 373 g/mol. The maximum Gasteiger partial charge on any atom is 0.250 e. The Hall–Kier alpha value is -0.920. The van der Waals surface area contributed by atoms with E-state index in [4.69, 9.17) is 11.6 Å². The summed E-state index contributed by atoms with van der Waals surface area (Å²) in [5, 5.41) is 0. The quantitative estimate of drug-likeness (QED) is 0.808. The van der Waals surface area contributed by atoms with Crippen LogP contribution in [-0.2, 0) is 16.4 Å². The number of benzene rings is 1. The second-order valence-electron chi connectivity index (χ2n) is 5.48. The van der Waals surface area contributed by atoms with Crippen molar-refractivity contribution < 1.29 is 8.42 Å². The van der Waals surface area contributed by atoms with E-state index in [9.17, 15) is 8.42 Å². The molecular weight excluding hydrogens is 352 g/mol. The number of nitrogens with one attached hydrogen (secondary N) is 1. The first-order valence-electron chi connectivity index (χ1n) is 7.33. The number of aryl methyl sites for hydroxylation is 1. The van der Waals surface area contributed by atoms with Gasteiger partial charge in [-0.15, -0.1) is 11.3 Å². The molecule has 0 fully saturated rings. The van der Waals surface area contributed by atoms with Gasteiger partial charge in [-0.05, 0) is 43.8 Å². The fraction of sp³-hybridized carbons (Fsp3) is 0.375. The van der Waals surface area contributed by atoms with E-state index in [1.165, 1.54) is 11.6 Å². The van der Waals surface area contributed by atoms with Crippen LogP contribution in [-0.4, -0.2) is 34.0 Å². The minimum absolute atomic E-state index is 0.0360. The van der Waals surface area contributed by atoms with Crippen LogP contribution in [0.2, 0.25) is 4.34 Å². The molecule has 1 N–H and O–H groups in total. The molecular formula is C16H21ClN2O2S2. The van der Waals surface area contributed by atoms with Crippen LogP contribution in [0.15, 0.2) is 40.6 Å². The van der Waals surface area contributed by atoms with Gasteiger partial charge < -0.3 is 4.90 Å². The lowest BCUT2D eigenvalue weighted by Crippen LogP contribution is -2.34. The summed E-state index contributed by atoms with van der Waals surface area (Å²) in [5.74, 6) is 0. The Labute approximate surface area is 147 Å². The summed E-state index contributed by atoms with van der Waals surface area (Å²) in [6.45, 7) is 2.41. The van der Waals surface area contributed by atoms with Gasteiger partial charge in [0.05, 0.1) is 4.34 Å². The third-order valence-electron chi connectivity index (χ3n) is 3.68. The highest BCUT2D eigenvalue weighted by Crippen LogP contribution is 2.26. The van der Waals surface area contributed by atoms with Crippen LogP contribution in [0.3, 0.4) is 0 Å². The maximum absolute atomic E-state index is 12.3. The summed E-state index contributed by atoms with van der Waals surface area (Å²) in [4.78, 5) is 2.00. The van der Waals surface area contributed by atoms with E-state index in [-0.39, 0.29) is 10.3 Å². The van der Waals surface area contributed by atoms with Crippen molar-refractivity contribution in [3.05, 3.63) is 51.9 Å². The lowest BCUT2D eigenvalue weighted by atomic mass is 10.0. The van der Waals surface area contributed by atoms with Gasteiger partial charge in [-0.2, -0.15) is 0 Å². The molecule has 0 unspecified atom stereocenters. The number of sulfonamides is 1. The van der Waals surface area contributed by atoms with Crippen molar-refractivity contribution in [3.63, 3.8) is 0 Å². The molecule has 1 aromatic carbocycles. The average Bonchev–Trinajstić information content (AvgIpc) is 2.95. The van der Waals surface area contributed by atoms with E-state index >= 15 is 0 Å². The normalized spacial score (nSPS) is 13.4. The summed E-state index contributed by atoms with van der Waals surface area (Å²) in [7, 11) is 0.347. The lowest BCUT2D eigenvalue weighted by Gasteiger charge is -2.25. The van der Waals surface area contributed by atoms with E-state index < -0.39 is 10.0 Å². The van der Waals surface area contributed by atoms with Crippen molar-refractivity contribution in [2.75, 3.05) is 20.6 Å². The predicted octanol–water partition coefficient (Wildman–Crippen LogP) is 3.55. The van der Waals surface area contributed by atoms with Crippen LogP contribution in [0.25, 0.3) is 0 Å². The topological polar surface area (TPSA) is 49.4 Å². The zero-order chi connectivity index (χ0) is 17.0. The molecule has 0 aliphatic rings. The van der Waals surface area contributed by atoms with Gasteiger partial charge in [0.25, 0.3) is 0 Å². The molecule has 0 spiro atoms. The van der Waals surface area contributed by atoms with E-state index in [0.29, 0.717) is 10.9 Å².